The highest BCUT2D eigenvalue weighted by atomic mass is 35.5. The first-order valence-corrected chi connectivity index (χ1v) is 5.42. The smallest absolute Gasteiger partial charge is 0.0235 e. The third kappa shape index (κ3) is 6.93. The zero-order valence-electron chi connectivity index (χ0n) is 8.62. The molecule has 0 rings (SSSR count). The lowest BCUT2D eigenvalue weighted by Gasteiger charge is -2.24. The first-order valence-electron chi connectivity index (χ1n) is 4.89. The highest BCUT2D eigenvalue weighted by Gasteiger charge is 2.14. The molecule has 0 saturated carbocycles. The van der Waals surface area contributed by atoms with E-state index in [0.29, 0.717) is 5.41 Å². The Kier molecular flexibility index (Phi) is 6.87. The van der Waals surface area contributed by atoms with Crippen molar-refractivity contribution < 1.29 is 0 Å². The van der Waals surface area contributed by atoms with Gasteiger partial charge >= 0.3 is 0 Å². The van der Waals surface area contributed by atoms with E-state index in [4.69, 9.17) is 11.6 Å². The van der Waals surface area contributed by atoms with Gasteiger partial charge in [0.15, 0.2) is 0 Å². The maximum absolute atomic E-state index is 5.57. The third-order valence-corrected chi connectivity index (χ3v) is 2.28. The quantitative estimate of drug-likeness (QED) is 0.482. The van der Waals surface area contributed by atoms with Gasteiger partial charge in [-0.2, -0.15) is 0 Å². The van der Waals surface area contributed by atoms with Crippen LogP contribution in [-0.2, 0) is 0 Å². The van der Waals surface area contributed by atoms with Gasteiger partial charge in [-0.05, 0) is 24.8 Å². The van der Waals surface area contributed by atoms with Crippen molar-refractivity contribution in [3.63, 3.8) is 0 Å². The Morgan fingerprint density at radius 2 is 2.00 bits per heavy atom. The van der Waals surface area contributed by atoms with E-state index in [1.807, 2.05) is 0 Å². The molecule has 0 amide bonds. The molecule has 0 aromatic carbocycles. The Morgan fingerprint density at radius 3 is 2.50 bits per heavy atom. The van der Waals surface area contributed by atoms with Crippen molar-refractivity contribution >= 4 is 11.6 Å². The van der Waals surface area contributed by atoms with Crippen LogP contribution in [0.4, 0.5) is 0 Å². The molecule has 0 heterocycles. The Bertz CT molecular complexity index is 102. The van der Waals surface area contributed by atoms with Crippen molar-refractivity contribution in [2.75, 3.05) is 19.0 Å². The molecule has 0 aromatic rings. The number of rotatable bonds is 7. The fourth-order valence-electron chi connectivity index (χ4n) is 1.38. The summed E-state index contributed by atoms with van der Waals surface area (Å²) in [5.74, 6) is 0.765. The molecule has 0 aliphatic carbocycles. The first-order chi connectivity index (χ1) is 5.62. The number of hydrogen-bond donors (Lipinski definition) is 1. The molecule has 1 N–H and O–H groups in total. The minimum Gasteiger partial charge on any atom is -0.316 e. The predicted molar refractivity (Wildman–Crippen MR) is 56.9 cm³/mol. The van der Waals surface area contributed by atoms with E-state index in [1.54, 1.807) is 0 Å². The highest BCUT2D eigenvalue weighted by Crippen LogP contribution is 2.20. The SMILES string of the molecule is CCCC(C)(C)CNCCCCl. The van der Waals surface area contributed by atoms with Crippen LogP contribution in [0.25, 0.3) is 0 Å². The van der Waals surface area contributed by atoms with E-state index in [9.17, 15) is 0 Å². The average molecular weight is 192 g/mol. The summed E-state index contributed by atoms with van der Waals surface area (Å²) in [5.41, 5.74) is 0.445. The van der Waals surface area contributed by atoms with Crippen molar-refractivity contribution in [3.8, 4) is 0 Å². The first kappa shape index (κ1) is 12.2. The molecule has 2 heteroatoms. The maximum atomic E-state index is 5.57. The molecule has 0 unspecified atom stereocenters. The van der Waals surface area contributed by atoms with Gasteiger partial charge < -0.3 is 5.32 Å². The van der Waals surface area contributed by atoms with E-state index in [0.717, 1.165) is 25.4 Å². The lowest BCUT2D eigenvalue weighted by Crippen LogP contribution is -2.30. The topological polar surface area (TPSA) is 12.0 Å². The number of nitrogens with one attached hydrogen (secondary N) is 1. The fraction of sp³-hybridized carbons (Fsp3) is 1.00. The molecule has 0 saturated heterocycles. The summed E-state index contributed by atoms with van der Waals surface area (Å²) in [6, 6.07) is 0. The molecule has 0 radical (unpaired) electrons. The summed E-state index contributed by atoms with van der Waals surface area (Å²) in [6.07, 6.45) is 3.63. The molecule has 74 valence electrons. The van der Waals surface area contributed by atoms with Crippen LogP contribution in [0, 0.1) is 5.41 Å². The molecular formula is C10H22ClN. The molecule has 0 aliphatic heterocycles. The standard InChI is InChI=1S/C10H22ClN/c1-4-6-10(2,3)9-12-8-5-7-11/h12H,4-9H2,1-3H3. The Labute approximate surface area is 81.9 Å². The van der Waals surface area contributed by atoms with Gasteiger partial charge in [-0.15, -0.1) is 11.6 Å². The highest BCUT2D eigenvalue weighted by molar-refractivity contribution is 6.17. The summed E-state index contributed by atoms with van der Waals surface area (Å²) < 4.78 is 0. The largest absolute Gasteiger partial charge is 0.316 e. The molecule has 0 aliphatic rings. The third-order valence-electron chi connectivity index (χ3n) is 2.02. The number of halogens is 1. The number of hydrogen-bond acceptors (Lipinski definition) is 1. The van der Waals surface area contributed by atoms with Crippen LogP contribution in [-0.4, -0.2) is 19.0 Å². The Hall–Kier alpha value is 0.250. The van der Waals surface area contributed by atoms with Gasteiger partial charge in [-0.1, -0.05) is 27.2 Å². The predicted octanol–water partition coefficient (Wildman–Crippen LogP) is 3.03. The molecule has 0 atom stereocenters. The number of alkyl halides is 1. The molecule has 0 aromatic heterocycles. The van der Waals surface area contributed by atoms with Crippen molar-refractivity contribution in [2.45, 2.75) is 40.0 Å². The van der Waals surface area contributed by atoms with Crippen molar-refractivity contribution in [1.82, 2.24) is 5.32 Å². The van der Waals surface area contributed by atoms with Gasteiger partial charge in [0.1, 0.15) is 0 Å². The fourth-order valence-corrected chi connectivity index (χ4v) is 1.52. The second-order valence-corrected chi connectivity index (χ2v) is 4.51. The summed E-state index contributed by atoms with van der Waals surface area (Å²) in [7, 11) is 0. The second kappa shape index (κ2) is 6.73. The average Bonchev–Trinajstić information content (AvgIpc) is 1.98. The van der Waals surface area contributed by atoms with Crippen LogP contribution in [0.1, 0.15) is 40.0 Å². The summed E-state index contributed by atoms with van der Waals surface area (Å²) in [5, 5.41) is 3.43. The molecular weight excluding hydrogens is 170 g/mol. The van der Waals surface area contributed by atoms with Crippen molar-refractivity contribution in [1.29, 1.82) is 0 Å². The van der Waals surface area contributed by atoms with Gasteiger partial charge in [0.25, 0.3) is 0 Å². The zero-order chi connectivity index (χ0) is 9.45. The summed E-state index contributed by atoms with van der Waals surface area (Å²) in [4.78, 5) is 0. The van der Waals surface area contributed by atoms with Crippen LogP contribution < -0.4 is 5.32 Å². The van der Waals surface area contributed by atoms with E-state index < -0.39 is 0 Å². The Morgan fingerprint density at radius 1 is 1.33 bits per heavy atom. The minimum atomic E-state index is 0.445. The van der Waals surface area contributed by atoms with E-state index in [1.165, 1.54) is 12.8 Å². The van der Waals surface area contributed by atoms with E-state index in [2.05, 4.69) is 26.1 Å². The summed E-state index contributed by atoms with van der Waals surface area (Å²) >= 11 is 5.57. The van der Waals surface area contributed by atoms with Gasteiger partial charge in [-0.3, -0.25) is 0 Å². The molecule has 0 fully saturated rings. The van der Waals surface area contributed by atoms with Crippen LogP contribution in [0.5, 0.6) is 0 Å². The van der Waals surface area contributed by atoms with Crippen LogP contribution in [0.3, 0.4) is 0 Å². The molecule has 12 heavy (non-hydrogen) atoms. The molecule has 0 bridgehead atoms. The van der Waals surface area contributed by atoms with Gasteiger partial charge in [0.05, 0.1) is 0 Å². The monoisotopic (exact) mass is 191 g/mol. The molecule has 1 nitrogen and oxygen atoms in total. The second-order valence-electron chi connectivity index (χ2n) is 4.13. The van der Waals surface area contributed by atoms with E-state index in [-0.39, 0.29) is 0 Å². The van der Waals surface area contributed by atoms with Crippen LogP contribution in [0.15, 0.2) is 0 Å². The molecule has 0 spiro atoms. The summed E-state index contributed by atoms with van der Waals surface area (Å²) in [6.45, 7) is 9.02. The normalized spacial score (nSPS) is 12.0. The van der Waals surface area contributed by atoms with Crippen LogP contribution >= 0.6 is 11.6 Å². The maximum Gasteiger partial charge on any atom is 0.0235 e. The van der Waals surface area contributed by atoms with Crippen molar-refractivity contribution in [3.05, 3.63) is 0 Å². The van der Waals surface area contributed by atoms with Gasteiger partial charge in [0.2, 0.25) is 0 Å². The zero-order valence-corrected chi connectivity index (χ0v) is 9.38. The lowest BCUT2D eigenvalue weighted by atomic mass is 9.88. The van der Waals surface area contributed by atoms with Gasteiger partial charge in [0, 0.05) is 12.4 Å². The van der Waals surface area contributed by atoms with E-state index >= 15 is 0 Å². The van der Waals surface area contributed by atoms with Crippen LogP contribution in [0.2, 0.25) is 0 Å². The van der Waals surface area contributed by atoms with Gasteiger partial charge in [-0.25, -0.2) is 0 Å². The minimum absolute atomic E-state index is 0.445. The lowest BCUT2D eigenvalue weighted by molar-refractivity contribution is 0.312. The Balaban J connectivity index is 3.33. The van der Waals surface area contributed by atoms with Crippen molar-refractivity contribution in [2.24, 2.45) is 5.41 Å².